The lowest BCUT2D eigenvalue weighted by atomic mass is 10.1. The summed E-state index contributed by atoms with van der Waals surface area (Å²) in [6, 6.07) is 19.0. The van der Waals surface area contributed by atoms with Gasteiger partial charge in [-0.1, -0.05) is 24.3 Å². The van der Waals surface area contributed by atoms with Gasteiger partial charge >= 0.3 is 6.03 Å². The third kappa shape index (κ3) is 3.77. The summed E-state index contributed by atoms with van der Waals surface area (Å²) in [6.45, 7) is 2.37. The van der Waals surface area contributed by atoms with Crippen molar-refractivity contribution in [2.75, 3.05) is 29.2 Å². The van der Waals surface area contributed by atoms with Crippen LogP contribution in [0.15, 0.2) is 66.7 Å². The van der Waals surface area contributed by atoms with Gasteiger partial charge in [-0.25, -0.2) is 4.79 Å². The summed E-state index contributed by atoms with van der Waals surface area (Å²) in [4.78, 5) is 27.0. The quantitative estimate of drug-likeness (QED) is 0.634. The van der Waals surface area contributed by atoms with Gasteiger partial charge < -0.3 is 25.0 Å². The Morgan fingerprint density at radius 1 is 1.00 bits per heavy atom. The Hall–Kier alpha value is -4.00. The Morgan fingerprint density at radius 2 is 1.77 bits per heavy atom. The van der Waals surface area contributed by atoms with E-state index in [0.29, 0.717) is 46.5 Å². The number of benzene rings is 3. The number of hydrogen-bond donors (Lipinski definition) is 2. The van der Waals surface area contributed by atoms with Crippen molar-refractivity contribution in [3.05, 3.63) is 72.3 Å². The predicted octanol–water partition coefficient (Wildman–Crippen LogP) is 5.11. The zero-order valence-corrected chi connectivity index (χ0v) is 16.6. The van der Waals surface area contributed by atoms with Crippen molar-refractivity contribution in [3.8, 4) is 17.2 Å². The minimum absolute atomic E-state index is 0.222. The number of rotatable bonds is 4. The predicted molar refractivity (Wildman–Crippen MR) is 116 cm³/mol. The molecule has 152 valence electrons. The van der Waals surface area contributed by atoms with Crippen LogP contribution in [-0.4, -0.2) is 25.6 Å². The van der Waals surface area contributed by atoms with Crippen LogP contribution in [0.5, 0.6) is 17.2 Å². The van der Waals surface area contributed by atoms with E-state index in [2.05, 4.69) is 10.6 Å². The molecule has 4 rings (SSSR count). The van der Waals surface area contributed by atoms with Gasteiger partial charge in [0.15, 0.2) is 5.75 Å². The lowest BCUT2D eigenvalue weighted by Gasteiger charge is -2.16. The Morgan fingerprint density at radius 3 is 2.60 bits per heavy atom. The van der Waals surface area contributed by atoms with Crippen LogP contribution < -0.4 is 25.0 Å². The molecule has 1 aliphatic rings. The van der Waals surface area contributed by atoms with Crippen LogP contribution in [0, 0.1) is 0 Å². The van der Waals surface area contributed by atoms with Crippen molar-refractivity contribution < 1.29 is 19.1 Å². The summed E-state index contributed by atoms with van der Waals surface area (Å²) in [5.74, 6) is 1.39. The van der Waals surface area contributed by atoms with Crippen LogP contribution in [0.3, 0.4) is 0 Å². The fraction of sp³-hybridized carbons (Fsp3) is 0.130. The van der Waals surface area contributed by atoms with Crippen molar-refractivity contribution in [3.63, 3.8) is 0 Å². The molecule has 0 saturated heterocycles. The number of nitrogens with zero attached hydrogens (tertiary/aromatic N) is 1. The zero-order valence-electron chi connectivity index (χ0n) is 16.6. The highest BCUT2D eigenvalue weighted by molar-refractivity contribution is 6.10. The maximum absolute atomic E-state index is 12.9. The summed E-state index contributed by atoms with van der Waals surface area (Å²) in [6.07, 6.45) is 0. The third-order valence-electron chi connectivity index (χ3n) is 4.65. The van der Waals surface area contributed by atoms with Crippen molar-refractivity contribution >= 4 is 29.0 Å². The molecule has 2 N–H and O–H groups in total. The van der Waals surface area contributed by atoms with Crippen LogP contribution in [0.25, 0.3) is 0 Å². The number of urea groups is 1. The Labute approximate surface area is 174 Å². The molecule has 7 heteroatoms. The van der Waals surface area contributed by atoms with Crippen molar-refractivity contribution in [1.82, 2.24) is 0 Å². The molecule has 0 aliphatic carbocycles. The van der Waals surface area contributed by atoms with Gasteiger partial charge in [0.1, 0.15) is 11.5 Å². The van der Waals surface area contributed by atoms with E-state index >= 15 is 0 Å². The number of fused-ring (bicyclic) bond motifs is 2. The van der Waals surface area contributed by atoms with Gasteiger partial charge in [-0.2, -0.15) is 0 Å². The molecule has 0 aromatic heterocycles. The molecule has 1 aliphatic heterocycles. The molecule has 0 radical (unpaired) electrons. The molecular formula is C23H21N3O4. The van der Waals surface area contributed by atoms with E-state index in [4.69, 9.17) is 9.47 Å². The standard InChI is InChI=1S/C23H21N3O4/c1-3-29-20-10-6-4-8-17(20)25-23(28)24-15-12-13-19-16(14-15)22(27)26(2)18-9-5-7-11-21(18)30-19/h4-14H,3H2,1-2H3,(H2,24,25,28). The minimum atomic E-state index is -0.444. The largest absolute Gasteiger partial charge is 0.492 e. The summed E-state index contributed by atoms with van der Waals surface area (Å²) in [5, 5.41) is 5.52. The van der Waals surface area contributed by atoms with E-state index in [1.807, 2.05) is 43.3 Å². The monoisotopic (exact) mass is 403 g/mol. The molecule has 0 fully saturated rings. The molecule has 30 heavy (non-hydrogen) atoms. The van der Waals surface area contributed by atoms with E-state index in [1.54, 1.807) is 37.4 Å². The molecule has 0 unspecified atom stereocenters. The minimum Gasteiger partial charge on any atom is -0.492 e. The zero-order chi connectivity index (χ0) is 21.1. The summed E-state index contributed by atoms with van der Waals surface area (Å²) in [5.41, 5.74) is 2.07. The molecule has 0 saturated carbocycles. The van der Waals surface area contributed by atoms with Crippen LogP contribution in [0.4, 0.5) is 21.9 Å². The molecule has 0 bridgehead atoms. The molecule has 0 atom stereocenters. The first-order valence-electron chi connectivity index (χ1n) is 9.55. The maximum atomic E-state index is 12.9. The van der Waals surface area contributed by atoms with E-state index < -0.39 is 6.03 Å². The van der Waals surface area contributed by atoms with Crippen molar-refractivity contribution in [2.45, 2.75) is 6.92 Å². The average Bonchev–Trinajstić information content (AvgIpc) is 2.85. The lowest BCUT2D eigenvalue weighted by Crippen LogP contribution is -2.25. The third-order valence-corrected chi connectivity index (χ3v) is 4.65. The molecular weight excluding hydrogens is 382 g/mol. The second kappa shape index (κ2) is 8.16. The van der Waals surface area contributed by atoms with Crippen molar-refractivity contribution in [2.24, 2.45) is 0 Å². The number of carbonyl (C=O) groups excluding carboxylic acids is 2. The lowest BCUT2D eigenvalue weighted by molar-refractivity contribution is 0.0993. The Bertz CT molecular complexity index is 1110. The SMILES string of the molecule is CCOc1ccccc1NC(=O)Nc1ccc2c(c1)C(=O)N(C)c1ccccc1O2. The first-order valence-corrected chi connectivity index (χ1v) is 9.55. The van der Waals surface area contributed by atoms with Crippen molar-refractivity contribution in [1.29, 1.82) is 0 Å². The highest BCUT2D eigenvalue weighted by atomic mass is 16.5. The average molecular weight is 403 g/mol. The maximum Gasteiger partial charge on any atom is 0.323 e. The summed E-state index contributed by atoms with van der Waals surface area (Å²) in [7, 11) is 1.69. The number of para-hydroxylation sites is 4. The van der Waals surface area contributed by atoms with Crippen LogP contribution in [0.1, 0.15) is 17.3 Å². The van der Waals surface area contributed by atoms with Gasteiger partial charge in [-0.3, -0.25) is 4.79 Å². The summed E-state index contributed by atoms with van der Waals surface area (Å²) < 4.78 is 11.5. The van der Waals surface area contributed by atoms with Gasteiger partial charge in [-0.15, -0.1) is 0 Å². The van der Waals surface area contributed by atoms with E-state index in [0.717, 1.165) is 0 Å². The highest BCUT2D eigenvalue weighted by Gasteiger charge is 2.26. The topological polar surface area (TPSA) is 79.9 Å². The van der Waals surface area contributed by atoms with Gasteiger partial charge in [-0.05, 0) is 49.4 Å². The van der Waals surface area contributed by atoms with Gasteiger partial charge in [0.25, 0.3) is 5.91 Å². The second-order valence-corrected chi connectivity index (χ2v) is 6.65. The second-order valence-electron chi connectivity index (χ2n) is 6.65. The molecule has 0 spiro atoms. The number of nitrogens with one attached hydrogen (secondary N) is 2. The molecule has 3 aromatic carbocycles. The normalized spacial score (nSPS) is 12.2. The summed E-state index contributed by atoms with van der Waals surface area (Å²) >= 11 is 0. The fourth-order valence-corrected chi connectivity index (χ4v) is 3.23. The van der Waals surface area contributed by atoms with Gasteiger partial charge in [0.05, 0.1) is 23.5 Å². The number of hydrogen-bond acceptors (Lipinski definition) is 4. The van der Waals surface area contributed by atoms with E-state index in [9.17, 15) is 9.59 Å². The number of ether oxygens (including phenoxy) is 2. The number of amides is 3. The van der Waals surface area contributed by atoms with Crippen LogP contribution in [0.2, 0.25) is 0 Å². The van der Waals surface area contributed by atoms with Crippen LogP contribution in [-0.2, 0) is 0 Å². The first kappa shape index (κ1) is 19.3. The molecule has 3 amide bonds. The fourth-order valence-electron chi connectivity index (χ4n) is 3.23. The number of carbonyl (C=O) groups is 2. The molecule has 3 aromatic rings. The number of anilines is 3. The smallest absolute Gasteiger partial charge is 0.323 e. The highest BCUT2D eigenvalue weighted by Crippen LogP contribution is 2.38. The Kier molecular flexibility index (Phi) is 5.26. The van der Waals surface area contributed by atoms with Crippen LogP contribution >= 0.6 is 0 Å². The molecule has 1 heterocycles. The van der Waals surface area contributed by atoms with E-state index in [1.165, 1.54) is 4.90 Å². The van der Waals surface area contributed by atoms with Gasteiger partial charge in [0.2, 0.25) is 0 Å². The van der Waals surface area contributed by atoms with E-state index in [-0.39, 0.29) is 5.91 Å². The first-order chi connectivity index (χ1) is 14.6. The van der Waals surface area contributed by atoms with Gasteiger partial charge in [0, 0.05) is 12.7 Å². The Balaban J connectivity index is 1.55. The molecule has 7 nitrogen and oxygen atoms in total.